The Morgan fingerprint density at radius 3 is 2.69 bits per heavy atom. The summed E-state index contributed by atoms with van der Waals surface area (Å²) in [5, 5.41) is 2.76. The van der Waals surface area contributed by atoms with Crippen LogP contribution in [0.25, 0.3) is 0 Å². The molecule has 1 fully saturated rings. The average molecular weight is 239 g/mol. The number of nitrogens with two attached hydrogens (primary N) is 1. The maximum atomic E-state index is 5.62. The summed E-state index contributed by atoms with van der Waals surface area (Å²) < 4.78 is 0. The van der Waals surface area contributed by atoms with E-state index in [0.29, 0.717) is 10.5 Å². The summed E-state index contributed by atoms with van der Waals surface area (Å²) in [7, 11) is 0. The van der Waals surface area contributed by atoms with E-state index in [1.807, 2.05) is 0 Å². The predicted molar refractivity (Wildman–Crippen MR) is 69.7 cm³/mol. The van der Waals surface area contributed by atoms with Gasteiger partial charge in [0.2, 0.25) is 0 Å². The SMILES string of the molecule is CC1(C)CCN(CCc2csc(N)n2)CC1. The van der Waals surface area contributed by atoms with Crippen LogP contribution in [0.4, 0.5) is 5.13 Å². The van der Waals surface area contributed by atoms with Crippen molar-refractivity contribution in [2.45, 2.75) is 33.1 Å². The first-order valence-corrected chi connectivity index (χ1v) is 6.85. The Kier molecular flexibility index (Phi) is 3.50. The fraction of sp³-hybridized carbons (Fsp3) is 0.750. The molecule has 90 valence electrons. The van der Waals surface area contributed by atoms with E-state index in [2.05, 4.69) is 29.1 Å². The third-order valence-corrected chi connectivity index (χ3v) is 4.19. The molecule has 0 amide bonds. The number of anilines is 1. The zero-order valence-electron chi connectivity index (χ0n) is 10.2. The lowest BCUT2D eigenvalue weighted by Gasteiger charge is -2.36. The predicted octanol–water partition coefficient (Wildman–Crippen LogP) is 2.39. The van der Waals surface area contributed by atoms with Gasteiger partial charge in [-0.25, -0.2) is 4.98 Å². The molecule has 0 bridgehead atoms. The third-order valence-electron chi connectivity index (χ3n) is 3.46. The molecule has 0 atom stereocenters. The molecule has 4 heteroatoms. The molecular weight excluding hydrogens is 218 g/mol. The summed E-state index contributed by atoms with van der Waals surface area (Å²) in [5.74, 6) is 0. The molecule has 0 spiro atoms. The molecule has 0 aliphatic carbocycles. The van der Waals surface area contributed by atoms with Gasteiger partial charge in [0.1, 0.15) is 0 Å². The maximum Gasteiger partial charge on any atom is 0.180 e. The molecular formula is C12H21N3S. The van der Waals surface area contributed by atoms with Crippen molar-refractivity contribution in [1.82, 2.24) is 9.88 Å². The van der Waals surface area contributed by atoms with Crippen LogP contribution in [0.1, 0.15) is 32.4 Å². The average Bonchev–Trinajstić information content (AvgIpc) is 2.63. The maximum absolute atomic E-state index is 5.62. The first kappa shape index (κ1) is 11.9. The molecule has 3 nitrogen and oxygen atoms in total. The molecule has 0 saturated carbocycles. The number of aromatic nitrogens is 1. The fourth-order valence-corrected chi connectivity index (χ4v) is 2.69. The lowest BCUT2D eigenvalue weighted by Crippen LogP contribution is -2.38. The number of hydrogen-bond donors (Lipinski definition) is 1. The van der Waals surface area contributed by atoms with Crippen LogP contribution < -0.4 is 5.73 Å². The van der Waals surface area contributed by atoms with Crippen LogP contribution in [-0.4, -0.2) is 29.5 Å². The summed E-state index contributed by atoms with van der Waals surface area (Å²) in [5.41, 5.74) is 7.31. The molecule has 1 aliphatic heterocycles. The van der Waals surface area contributed by atoms with Gasteiger partial charge in [-0.2, -0.15) is 0 Å². The lowest BCUT2D eigenvalue weighted by atomic mass is 9.83. The van der Waals surface area contributed by atoms with Gasteiger partial charge < -0.3 is 10.6 Å². The highest BCUT2D eigenvalue weighted by atomic mass is 32.1. The Bertz CT molecular complexity index is 336. The molecule has 1 aromatic rings. The second-order valence-electron chi connectivity index (χ2n) is 5.43. The molecule has 0 radical (unpaired) electrons. The van der Waals surface area contributed by atoms with Crippen molar-refractivity contribution in [2.75, 3.05) is 25.4 Å². The summed E-state index contributed by atoms with van der Waals surface area (Å²) in [6.45, 7) is 8.31. The van der Waals surface area contributed by atoms with Crippen molar-refractivity contribution in [3.05, 3.63) is 11.1 Å². The first-order valence-electron chi connectivity index (χ1n) is 5.97. The van der Waals surface area contributed by atoms with E-state index in [1.165, 1.54) is 37.3 Å². The topological polar surface area (TPSA) is 42.1 Å². The Labute approximate surface area is 102 Å². The molecule has 1 saturated heterocycles. The lowest BCUT2D eigenvalue weighted by molar-refractivity contribution is 0.134. The van der Waals surface area contributed by atoms with Gasteiger partial charge in [-0.15, -0.1) is 11.3 Å². The van der Waals surface area contributed by atoms with Crippen molar-refractivity contribution in [1.29, 1.82) is 0 Å². The van der Waals surface area contributed by atoms with Crippen molar-refractivity contribution >= 4 is 16.5 Å². The van der Waals surface area contributed by atoms with Crippen LogP contribution in [0, 0.1) is 5.41 Å². The molecule has 16 heavy (non-hydrogen) atoms. The van der Waals surface area contributed by atoms with Crippen molar-refractivity contribution < 1.29 is 0 Å². The van der Waals surface area contributed by atoms with Crippen molar-refractivity contribution in [3.8, 4) is 0 Å². The van der Waals surface area contributed by atoms with Crippen LogP contribution in [0.15, 0.2) is 5.38 Å². The molecule has 1 aliphatic rings. The van der Waals surface area contributed by atoms with E-state index in [9.17, 15) is 0 Å². The van der Waals surface area contributed by atoms with E-state index in [1.54, 1.807) is 0 Å². The van der Waals surface area contributed by atoms with Crippen LogP contribution in [0.3, 0.4) is 0 Å². The van der Waals surface area contributed by atoms with Gasteiger partial charge in [0.05, 0.1) is 5.69 Å². The molecule has 2 rings (SSSR count). The van der Waals surface area contributed by atoms with Gasteiger partial charge in [-0.05, 0) is 31.3 Å². The number of nitrogens with zero attached hydrogens (tertiary/aromatic N) is 2. The summed E-state index contributed by atoms with van der Waals surface area (Å²) >= 11 is 1.54. The minimum atomic E-state index is 0.543. The third kappa shape index (κ3) is 3.19. The Morgan fingerprint density at radius 1 is 1.44 bits per heavy atom. The largest absolute Gasteiger partial charge is 0.375 e. The number of nitrogen functional groups attached to an aromatic ring is 1. The number of rotatable bonds is 3. The highest BCUT2D eigenvalue weighted by Crippen LogP contribution is 2.29. The van der Waals surface area contributed by atoms with Crippen LogP contribution in [0.5, 0.6) is 0 Å². The Balaban J connectivity index is 1.75. The zero-order valence-corrected chi connectivity index (χ0v) is 11.0. The Hall–Kier alpha value is -0.610. The minimum Gasteiger partial charge on any atom is -0.375 e. The quantitative estimate of drug-likeness (QED) is 0.880. The summed E-state index contributed by atoms with van der Waals surface area (Å²) in [6.07, 6.45) is 3.66. The fourth-order valence-electron chi connectivity index (χ4n) is 2.09. The van der Waals surface area contributed by atoms with Gasteiger partial charge >= 0.3 is 0 Å². The normalized spacial score (nSPS) is 21.1. The van der Waals surface area contributed by atoms with Crippen LogP contribution >= 0.6 is 11.3 Å². The van der Waals surface area contributed by atoms with Crippen LogP contribution in [0.2, 0.25) is 0 Å². The van der Waals surface area contributed by atoms with E-state index >= 15 is 0 Å². The summed E-state index contributed by atoms with van der Waals surface area (Å²) in [4.78, 5) is 6.84. The van der Waals surface area contributed by atoms with Crippen molar-refractivity contribution in [3.63, 3.8) is 0 Å². The molecule has 2 N–H and O–H groups in total. The highest BCUT2D eigenvalue weighted by Gasteiger charge is 2.24. The van der Waals surface area contributed by atoms with E-state index in [4.69, 9.17) is 5.73 Å². The molecule has 2 heterocycles. The molecule has 0 aromatic carbocycles. The number of thiazole rings is 1. The zero-order chi connectivity index (χ0) is 11.6. The standard InChI is InChI=1S/C12H21N3S/c1-12(2)4-7-15(8-5-12)6-3-10-9-16-11(13)14-10/h9H,3-8H2,1-2H3,(H2,13,14). The van der Waals surface area contributed by atoms with Gasteiger partial charge in [0, 0.05) is 18.3 Å². The second kappa shape index (κ2) is 4.72. The van der Waals surface area contributed by atoms with E-state index < -0.39 is 0 Å². The smallest absolute Gasteiger partial charge is 0.180 e. The van der Waals surface area contributed by atoms with E-state index in [0.717, 1.165) is 18.7 Å². The first-order chi connectivity index (χ1) is 7.55. The molecule has 1 aromatic heterocycles. The minimum absolute atomic E-state index is 0.543. The van der Waals surface area contributed by atoms with Crippen LogP contribution in [-0.2, 0) is 6.42 Å². The Morgan fingerprint density at radius 2 is 2.12 bits per heavy atom. The molecule has 0 unspecified atom stereocenters. The number of hydrogen-bond acceptors (Lipinski definition) is 4. The van der Waals surface area contributed by atoms with Gasteiger partial charge in [-0.3, -0.25) is 0 Å². The number of likely N-dealkylation sites (tertiary alicyclic amines) is 1. The highest BCUT2D eigenvalue weighted by molar-refractivity contribution is 7.13. The monoisotopic (exact) mass is 239 g/mol. The second-order valence-corrected chi connectivity index (χ2v) is 6.32. The van der Waals surface area contributed by atoms with Gasteiger partial charge in [0.15, 0.2) is 5.13 Å². The van der Waals surface area contributed by atoms with Gasteiger partial charge in [-0.1, -0.05) is 13.8 Å². The van der Waals surface area contributed by atoms with Crippen molar-refractivity contribution in [2.24, 2.45) is 5.41 Å². The summed E-state index contributed by atoms with van der Waals surface area (Å²) in [6, 6.07) is 0. The van der Waals surface area contributed by atoms with Gasteiger partial charge in [0.25, 0.3) is 0 Å². The van der Waals surface area contributed by atoms with E-state index in [-0.39, 0.29) is 0 Å². The number of piperidine rings is 1.